The highest BCUT2D eigenvalue weighted by atomic mass is 35.5. The maximum absolute atomic E-state index is 13.8. The van der Waals surface area contributed by atoms with E-state index >= 15 is 0 Å². The van der Waals surface area contributed by atoms with Crippen LogP contribution in [-0.2, 0) is 21.9 Å². The Kier molecular flexibility index (Phi) is 9.66. The van der Waals surface area contributed by atoms with E-state index in [4.69, 9.17) is 11.6 Å². The molecule has 0 unspecified atom stereocenters. The van der Waals surface area contributed by atoms with Gasteiger partial charge < -0.3 is 10.2 Å². The van der Waals surface area contributed by atoms with Crippen LogP contribution in [0.2, 0.25) is 5.02 Å². The molecule has 0 heterocycles. The van der Waals surface area contributed by atoms with E-state index < -0.39 is 6.04 Å². The number of nitrogens with zero attached hydrogens (tertiary/aromatic N) is 1. The summed E-state index contributed by atoms with van der Waals surface area (Å²) in [4.78, 5) is 27.2. The third kappa shape index (κ3) is 7.33. The first-order valence-corrected chi connectivity index (χ1v) is 11.5. The van der Waals surface area contributed by atoms with Gasteiger partial charge in [0.25, 0.3) is 0 Å². The Morgan fingerprint density at radius 2 is 1.80 bits per heavy atom. The Labute approximate surface area is 187 Å². The molecule has 0 aliphatic carbocycles. The van der Waals surface area contributed by atoms with Gasteiger partial charge in [-0.1, -0.05) is 48.9 Å². The number of carbonyl (C=O) groups excluding carboxylic acids is 2. The van der Waals surface area contributed by atoms with Gasteiger partial charge in [0.15, 0.2) is 0 Å². The number of halogens is 2. The lowest BCUT2D eigenvalue weighted by atomic mass is 10.1. The smallest absolute Gasteiger partial charge is 0.242 e. The lowest BCUT2D eigenvalue weighted by Gasteiger charge is -2.29. The molecule has 30 heavy (non-hydrogen) atoms. The molecule has 2 aromatic carbocycles. The second kappa shape index (κ2) is 12.0. The molecular formula is C23H28ClFN2O2S. The molecule has 0 bridgehead atoms. The minimum Gasteiger partial charge on any atom is -0.352 e. The van der Waals surface area contributed by atoms with E-state index in [-0.39, 0.29) is 29.4 Å². The van der Waals surface area contributed by atoms with Crippen LogP contribution < -0.4 is 5.32 Å². The Bertz CT molecular complexity index is 847. The van der Waals surface area contributed by atoms with E-state index in [1.165, 1.54) is 17.8 Å². The van der Waals surface area contributed by atoms with Crippen LogP contribution in [0.3, 0.4) is 0 Å². The largest absolute Gasteiger partial charge is 0.352 e. The summed E-state index contributed by atoms with van der Waals surface area (Å²) in [6, 6.07) is 13.1. The predicted molar refractivity (Wildman–Crippen MR) is 122 cm³/mol. The highest BCUT2D eigenvalue weighted by Crippen LogP contribution is 2.18. The molecule has 2 amide bonds. The first kappa shape index (κ1) is 24.2. The van der Waals surface area contributed by atoms with Crippen LogP contribution in [0.5, 0.6) is 0 Å². The summed E-state index contributed by atoms with van der Waals surface area (Å²) < 4.78 is 13.8. The monoisotopic (exact) mass is 450 g/mol. The predicted octanol–water partition coefficient (Wildman–Crippen LogP) is 5.04. The normalized spacial score (nSPS) is 12.8. The fourth-order valence-corrected chi connectivity index (χ4v) is 3.80. The highest BCUT2D eigenvalue weighted by Gasteiger charge is 2.26. The van der Waals surface area contributed by atoms with Gasteiger partial charge in [-0.25, -0.2) is 4.39 Å². The van der Waals surface area contributed by atoms with Crippen molar-refractivity contribution in [2.75, 3.05) is 5.75 Å². The molecule has 0 saturated carbocycles. The quantitative estimate of drug-likeness (QED) is 0.551. The van der Waals surface area contributed by atoms with Crippen LogP contribution in [0.15, 0.2) is 48.5 Å². The number of rotatable bonds is 10. The lowest BCUT2D eigenvalue weighted by molar-refractivity contribution is -0.138. The van der Waals surface area contributed by atoms with Crippen molar-refractivity contribution in [3.05, 3.63) is 70.5 Å². The maximum Gasteiger partial charge on any atom is 0.242 e. The zero-order valence-electron chi connectivity index (χ0n) is 17.5. The molecule has 0 fully saturated rings. The second-order valence-electron chi connectivity index (χ2n) is 7.23. The molecule has 0 saturated heterocycles. The average molecular weight is 451 g/mol. The van der Waals surface area contributed by atoms with E-state index in [0.717, 1.165) is 12.0 Å². The van der Waals surface area contributed by atoms with Crippen LogP contribution in [0.1, 0.15) is 38.3 Å². The van der Waals surface area contributed by atoms with Crippen LogP contribution >= 0.6 is 23.4 Å². The standard InChI is InChI=1S/C23H28ClFN2O2S/c1-4-16(2)26-23(29)17(3)27(13-18-9-11-20(24)12-10-18)22(28)15-30-14-19-7-5-6-8-21(19)25/h5-12,16-17H,4,13-15H2,1-3H3,(H,26,29)/t16-,17-/m0/s1. The highest BCUT2D eigenvalue weighted by molar-refractivity contribution is 7.99. The average Bonchev–Trinajstić information content (AvgIpc) is 2.73. The van der Waals surface area contributed by atoms with Crippen molar-refractivity contribution in [2.24, 2.45) is 0 Å². The van der Waals surface area contributed by atoms with Gasteiger partial charge in [0.1, 0.15) is 11.9 Å². The molecule has 0 spiro atoms. The topological polar surface area (TPSA) is 49.4 Å². The summed E-state index contributed by atoms with van der Waals surface area (Å²) in [6.45, 7) is 5.95. The van der Waals surface area contributed by atoms with Crippen molar-refractivity contribution in [2.45, 2.75) is 51.6 Å². The number of thioether (sulfide) groups is 1. The van der Waals surface area contributed by atoms with Crippen molar-refractivity contribution in [3.8, 4) is 0 Å². The molecule has 4 nitrogen and oxygen atoms in total. The van der Waals surface area contributed by atoms with Crippen molar-refractivity contribution < 1.29 is 14.0 Å². The van der Waals surface area contributed by atoms with E-state index in [9.17, 15) is 14.0 Å². The van der Waals surface area contributed by atoms with Crippen molar-refractivity contribution in [3.63, 3.8) is 0 Å². The summed E-state index contributed by atoms with van der Waals surface area (Å²) in [5, 5.41) is 3.55. The minimum absolute atomic E-state index is 0.0304. The van der Waals surface area contributed by atoms with E-state index in [1.54, 1.807) is 42.2 Å². The third-order valence-corrected chi connectivity index (χ3v) is 6.09. The van der Waals surface area contributed by atoms with Crippen LogP contribution in [0.4, 0.5) is 4.39 Å². The van der Waals surface area contributed by atoms with Crippen molar-refractivity contribution >= 4 is 35.2 Å². The Morgan fingerprint density at radius 1 is 1.13 bits per heavy atom. The summed E-state index contributed by atoms with van der Waals surface area (Å²) in [7, 11) is 0. The number of nitrogens with one attached hydrogen (secondary N) is 1. The minimum atomic E-state index is -0.628. The molecule has 1 N–H and O–H groups in total. The molecular weight excluding hydrogens is 423 g/mol. The molecule has 0 aliphatic rings. The van der Waals surface area contributed by atoms with Gasteiger partial charge in [0, 0.05) is 23.4 Å². The molecule has 2 aromatic rings. The van der Waals surface area contributed by atoms with Gasteiger partial charge in [-0.05, 0) is 49.6 Å². The van der Waals surface area contributed by atoms with Gasteiger partial charge in [0.2, 0.25) is 11.8 Å². The second-order valence-corrected chi connectivity index (χ2v) is 8.65. The zero-order chi connectivity index (χ0) is 22.1. The number of hydrogen-bond donors (Lipinski definition) is 1. The zero-order valence-corrected chi connectivity index (χ0v) is 19.1. The van der Waals surface area contributed by atoms with Gasteiger partial charge in [-0.2, -0.15) is 0 Å². The van der Waals surface area contributed by atoms with Crippen LogP contribution in [0, 0.1) is 5.82 Å². The molecule has 162 valence electrons. The Hall–Kier alpha value is -2.05. The molecule has 0 aromatic heterocycles. The molecule has 2 atom stereocenters. The van der Waals surface area contributed by atoms with Crippen molar-refractivity contribution in [1.29, 1.82) is 0 Å². The van der Waals surface area contributed by atoms with Gasteiger partial charge in [-0.3, -0.25) is 9.59 Å². The summed E-state index contributed by atoms with van der Waals surface area (Å²) >= 11 is 7.29. The summed E-state index contributed by atoms with van der Waals surface area (Å²) in [5.41, 5.74) is 1.44. The van der Waals surface area contributed by atoms with Gasteiger partial charge in [0.05, 0.1) is 5.75 Å². The number of hydrogen-bond acceptors (Lipinski definition) is 3. The van der Waals surface area contributed by atoms with Crippen LogP contribution in [0.25, 0.3) is 0 Å². The Balaban J connectivity index is 2.08. The fraction of sp³-hybridized carbons (Fsp3) is 0.391. The molecule has 2 rings (SSSR count). The Morgan fingerprint density at radius 3 is 2.43 bits per heavy atom. The number of carbonyl (C=O) groups is 2. The maximum atomic E-state index is 13.8. The lowest BCUT2D eigenvalue weighted by Crippen LogP contribution is -2.50. The number of amides is 2. The van der Waals surface area contributed by atoms with Crippen molar-refractivity contribution in [1.82, 2.24) is 10.2 Å². The summed E-state index contributed by atoms with van der Waals surface area (Å²) in [5.74, 6) is -0.0932. The summed E-state index contributed by atoms with van der Waals surface area (Å²) in [6.07, 6.45) is 0.808. The first-order valence-electron chi connectivity index (χ1n) is 9.97. The molecule has 7 heteroatoms. The first-order chi connectivity index (χ1) is 14.3. The molecule has 0 aliphatic heterocycles. The van der Waals surface area contributed by atoms with Crippen LogP contribution in [-0.4, -0.2) is 34.6 Å². The van der Waals surface area contributed by atoms with Gasteiger partial charge in [-0.15, -0.1) is 11.8 Å². The van der Waals surface area contributed by atoms with E-state index in [1.807, 2.05) is 26.0 Å². The van der Waals surface area contributed by atoms with Gasteiger partial charge >= 0.3 is 0 Å². The molecule has 0 radical (unpaired) electrons. The van der Waals surface area contributed by atoms with E-state index in [2.05, 4.69) is 5.32 Å². The number of benzene rings is 2. The SMILES string of the molecule is CC[C@H](C)NC(=O)[C@H](C)N(Cc1ccc(Cl)cc1)C(=O)CSCc1ccccc1F. The fourth-order valence-electron chi connectivity index (χ4n) is 2.78. The third-order valence-electron chi connectivity index (χ3n) is 4.88. The van der Waals surface area contributed by atoms with E-state index in [0.29, 0.717) is 22.9 Å².